The number of aromatic nitrogens is 3. The first kappa shape index (κ1) is 23.9. The molecule has 2 unspecified atom stereocenters. The Morgan fingerprint density at radius 3 is 2.69 bits per heavy atom. The molecular weight excluding hydrogens is 461 g/mol. The third-order valence-electron chi connectivity index (χ3n) is 7.98. The molecule has 0 radical (unpaired) electrons. The molecule has 10 heteroatoms. The minimum Gasteiger partial charge on any atom is -0.328 e. The molecule has 0 N–H and O–H groups in total. The SMILES string of the molecule is CC(=O)c1nn(CC(=O)N2[C@@H]3C[C@@H]3C[C@H]2C(=O)CCC2CCCC(C(F)(F)F)C2)c2cnccc12. The van der Waals surface area contributed by atoms with Gasteiger partial charge in [-0.15, -0.1) is 0 Å². The van der Waals surface area contributed by atoms with Crippen molar-refractivity contribution >= 4 is 28.4 Å². The number of fused-ring (bicyclic) bond motifs is 2. The highest BCUT2D eigenvalue weighted by Crippen LogP contribution is 2.49. The van der Waals surface area contributed by atoms with Gasteiger partial charge in [-0.25, -0.2) is 0 Å². The zero-order valence-electron chi connectivity index (χ0n) is 19.6. The van der Waals surface area contributed by atoms with Gasteiger partial charge in [0.25, 0.3) is 0 Å². The maximum absolute atomic E-state index is 13.3. The Labute approximate surface area is 201 Å². The van der Waals surface area contributed by atoms with Crippen LogP contribution in [0, 0.1) is 17.8 Å². The lowest BCUT2D eigenvalue weighted by Gasteiger charge is -2.31. The summed E-state index contributed by atoms with van der Waals surface area (Å²) in [7, 11) is 0. The van der Waals surface area contributed by atoms with Gasteiger partial charge in [0, 0.05) is 31.0 Å². The average Bonchev–Trinajstić information content (AvgIpc) is 3.32. The maximum atomic E-state index is 13.3. The maximum Gasteiger partial charge on any atom is 0.391 e. The molecule has 3 aliphatic rings. The summed E-state index contributed by atoms with van der Waals surface area (Å²) >= 11 is 0. The van der Waals surface area contributed by atoms with Gasteiger partial charge in [-0.05, 0) is 50.0 Å². The van der Waals surface area contributed by atoms with Gasteiger partial charge in [-0.2, -0.15) is 18.3 Å². The first-order chi connectivity index (χ1) is 16.6. The van der Waals surface area contributed by atoms with Crippen LogP contribution in [0.2, 0.25) is 0 Å². The fraction of sp³-hybridized carbons (Fsp3) is 0.640. The van der Waals surface area contributed by atoms with Crippen LogP contribution >= 0.6 is 0 Å². The molecule has 0 bridgehead atoms. The van der Waals surface area contributed by atoms with E-state index in [0.29, 0.717) is 36.1 Å². The number of Topliss-reactive ketones (excluding diaryl/α,β-unsaturated/α-hetero) is 2. The summed E-state index contributed by atoms with van der Waals surface area (Å²) in [5.74, 6) is -1.57. The summed E-state index contributed by atoms with van der Waals surface area (Å²) in [5, 5.41) is 4.96. The molecular formula is C25H29F3N4O3. The Bertz CT molecular complexity index is 1160. The summed E-state index contributed by atoms with van der Waals surface area (Å²) in [6.45, 7) is 1.32. The van der Waals surface area contributed by atoms with Gasteiger partial charge in [0.1, 0.15) is 12.2 Å². The van der Waals surface area contributed by atoms with Crippen molar-refractivity contribution in [3.63, 3.8) is 0 Å². The summed E-state index contributed by atoms with van der Waals surface area (Å²) in [4.78, 5) is 44.2. The summed E-state index contributed by atoms with van der Waals surface area (Å²) in [6.07, 6.45) is 2.60. The molecule has 1 amide bonds. The van der Waals surface area contributed by atoms with Crippen LogP contribution in [-0.4, -0.2) is 55.4 Å². The lowest BCUT2D eigenvalue weighted by Crippen LogP contribution is -2.44. The van der Waals surface area contributed by atoms with Crippen LogP contribution in [0.1, 0.15) is 68.8 Å². The third-order valence-corrected chi connectivity index (χ3v) is 7.98. The highest BCUT2D eigenvalue weighted by molar-refractivity contribution is 6.04. The molecule has 1 saturated heterocycles. The van der Waals surface area contributed by atoms with E-state index in [0.717, 1.165) is 12.8 Å². The molecule has 5 rings (SSSR count). The summed E-state index contributed by atoms with van der Waals surface area (Å²) in [5.41, 5.74) is 0.857. The van der Waals surface area contributed by atoms with Crippen molar-refractivity contribution in [2.24, 2.45) is 17.8 Å². The number of likely N-dealkylation sites (tertiary alicyclic amines) is 1. The number of piperidine rings is 1. The number of hydrogen-bond acceptors (Lipinski definition) is 5. The molecule has 3 heterocycles. The van der Waals surface area contributed by atoms with Crippen molar-refractivity contribution in [2.45, 2.75) is 83.1 Å². The number of carbonyl (C=O) groups excluding carboxylic acids is 3. The van der Waals surface area contributed by atoms with Crippen molar-refractivity contribution in [3.8, 4) is 0 Å². The van der Waals surface area contributed by atoms with E-state index in [1.165, 1.54) is 11.6 Å². The average molecular weight is 491 g/mol. The molecule has 3 fully saturated rings. The molecule has 2 aromatic rings. The van der Waals surface area contributed by atoms with Gasteiger partial charge in [0.2, 0.25) is 5.91 Å². The molecule has 5 atom stereocenters. The second kappa shape index (κ2) is 9.02. The first-order valence-corrected chi connectivity index (χ1v) is 12.4. The Balaban J connectivity index is 1.25. The molecule has 0 aromatic carbocycles. The topological polar surface area (TPSA) is 85.2 Å². The van der Waals surface area contributed by atoms with E-state index in [9.17, 15) is 27.6 Å². The molecule has 1 aliphatic heterocycles. The fourth-order valence-corrected chi connectivity index (χ4v) is 6.08. The van der Waals surface area contributed by atoms with E-state index in [4.69, 9.17) is 0 Å². The van der Waals surface area contributed by atoms with Crippen LogP contribution in [0.4, 0.5) is 13.2 Å². The van der Waals surface area contributed by atoms with E-state index < -0.39 is 18.1 Å². The number of halogens is 3. The lowest BCUT2D eigenvalue weighted by atomic mass is 9.78. The number of rotatable bonds is 7. The molecule has 2 saturated carbocycles. The Kier molecular flexibility index (Phi) is 6.17. The highest BCUT2D eigenvalue weighted by atomic mass is 19.4. The number of ketones is 2. The molecule has 188 valence electrons. The van der Waals surface area contributed by atoms with E-state index in [1.54, 1.807) is 23.4 Å². The summed E-state index contributed by atoms with van der Waals surface area (Å²) < 4.78 is 40.9. The molecule has 2 aromatic heterocycles. The molecule has 35 heavy (non-hydrogen) atoms. The minimum absolute atomic E-state index is 0.0352. The van der Waals surface area contributed by atoms with Crippen molar-refractivity contribution in [2.75, 3.05) is 0 Å². The van der Waals surface area contributed by atoms with Gasteiger partial charge in [-0.1, -0.05) is 12.8 Å². The van der Waals surface area contributed by atoms with Crippen LogP contribution in [0.15, 0.2) is 18.5 Å². The summed E-state index contributed by atoms with van der Waals surface area (Å²) in [6, 6.07) is 1.20. The number of alkyl halides is 3. The number of pyridine rings is 1. The van der Waals surface area contributed by atoms with Crippen LogP contribution in [0.5, 0.6) is 0 Å². The Hall–Kier alpha value is -2.78. The fourth-order valence-electron chi connectivity index (χ4n) is 6.08. The van der Waals surface area contributed by atoms with Crippen molar-refractivity contribution in [1.82, 2.24) is 19.7 Å². The van der Waals surface area contributed by atoms with Crippen LogP contribution in [0.25, 0.3) is 10.9 Å². The van der Waals surface area contributed by atoms with Gasteiger partial charge in [0.05, 0.1) is 23.7 Å². The predicted octanol–water partition coefficient (Wildman–Crippen LogP) is 4.34. The number of hydrogen-bond donors (Lipinski definition) is 0. The zero-order chi connectivity index (χ0) is 24.9. The third kappa shape index (κ3) is 4.71. The smallest absolute Gasteiger partial charge is 0.328 e. The van der Waals surface area contributed by atoms with Gasteiger partial charge in [0.15, 0.2) is 11.6 Å². The van der Waals surface area contributed by atoms with Gasteiger partial charge in [-0.3, -0.25) is 24.0 Å². The second-order valence-electron chi connectivity index (χ2n) is 10.3. The first-order valence-electron chi connectivity index (χ1n) is 12.4. The monoisotopic (exact) mass is 490 g/mol. The molecule has 7 nitrogen and oxygen atoms in total. The number of amides is 1. The van der Waals surface area contributed by atoms with E-state index >= 15 is 0 Å². The largest absolute Gasteiger partial charge is 0.391 e. The van der Waals surface area contributed by atoms with Gasteiger partial charge < -0.3 is 4.90 Å². The number of nitrogens with zero attached hydrogens (tertiary/aromatic N) is 4. The lowest BCUT2D eigenvalue weighted by molar-refractivity contribution is -0.185. The number of carbonyl (C=O) groups is 3. The van der Waals surface area contributed by atoms with E-state index in [-0.39, 0.29) is 60.9 Å². The van der Waals surface area contributed by atoms with Gasteiger partial charge >= 0.3 is 6.18 Å². The second-order valence-corrected chi connectivity index (χ2v) is 10.3. The Morgan fingerprint density at radius 2 is 1.94 bits per heavy atom. The predicted molar refractivity (Wildman–Crippen MR) is 120 cm³/mol. The van der Waals surface area contributed by atoms with E-state index in [1.807, 2.05) is 0 Å². The van der Waals surface area contributed by atoms with Crippen LogP contribution in [-0.2, 0) is 16.1 Å². The zero-order valence-corrected chi connectivity index (χ0v) is 19.6. The quantitative estimate of drug-likeness (QED) is 0.539. The normalized spacial score (nSPS) is 28.2. The van der Waals surface area contributed by atoms with Crippen molar-refractivity contribution in [3.05, 3.63) is 24.2 Å². The van der Waals surface area contributed by atoms with E-state index in [2.05, 4.69) is 10.1 Å². The molecule has 0 spiro atoms. The van der Waals surface area contributed by atoms with Crippen LogP contribution < -0.4 is 0 Å². The van der Waals surface area contributed by atoms with Crippen molar-refractivity contribution in [1.29, 1.82) is 0 Å². The van der Waals surface area contributed by atoms with Crippen LogP contribution in [0.3, 0.4) is 0 Å². The standard InChI is InChI=1S/C25H29F3N4O3/c1-14(33)24-18-7-8-29-12-21(18)31(30-24)13-23(35)32-19-10-16(19)11-20(32)22(34)6-5-15-3-2-4-17(9-15)25(26,27)28/h7-8,12,15-17,19-20H,2-6,9-11,13H2,1H3/t15?,16-,17?,19-,20+/m1/s1. The van der Waals surface area contributed by atoms with Crippen molar-refractivity contribution < 1.29 is 27.6 Å². The molecule has 2 aliphatic carbocycles. The highest BCUT2D eigenvalue weighted by Gasteiger charge is 2.55. The Morgan fingerprint density at radius 1 is 1.14 bits per heavy atom. The minimum atomic E-state index is -4.17.